The molecular formula is C22H23FN6O. The van der Waals surface area contributed by atoms with Gasteiger partial charge < -0.3 is 10.4 Å². The normalized spacial score (nSPS) is 11.8. The van der Waals surface area contributed by atoms with Crippen LogP contribution < -0.4 is 5.32 Å². The molecule has 0 aliphatic carbocycles. The molecule has 0 unspecified atom stereocenters. The minimum Gasteiger partial charge on any atom is -0.389 e. The number of aliphatic hydroxyl groups is 1. The average Bonchev–Trinajstić information content (AvgIpc) is 3.11. The summed E-state index contributed by atoms with van der Waals surface area (Å²) >= 11 is 0. The number of anilines is 1. The average molecular weight is 406 g/mol. The zero-order chi connectivity index (χ0) is 21.3. The SMILES string of the molecule is Cc1ccc(Cn2nnc3cc(-c4ccnc(NCC(C)(C)O)n4)ccc32)cc1F. The smallest absolute Gasteiger partial charge is 0.223 e. The predicted octanol–water partition coefficient (Wildman–Crippen LogP) is 3.57. The number of nitrogens with one attached hydrogen (secondary N) is 1. The molecule has 0 saturated carbocycles. The number of rotatable bonds is 6. The van der Waals surface area contributed by atoms with Gasteiger partial charge in [0, 0.05) is 18.3 Å². The molecule has 2 heterocycles. The maximum atomic E-state index is 13.8. The molecule has 0 fully saturated rings. The summed E-state index contributed by atoms with van der Waals surface area (Å²) in [5.41, 5.74) is 3.78. The lowest BCUT2D eigenvalue weighted by Gasteiger charge is -2.17. The van der Waals surface area contributed by atoms with Crippen LogP contribution in [-0.2, 0) is 6.54 Å². The second-order valence-electron chi connectivity index (χ2n) is 7.97. The van der Waals surface area contributed by atoms with Gasteiger partial charge in [0.1, 0.15) is 11.3 Å². The molecule has 8 heteroatoms. The Bertz CT molecular complexity index is 1200. The number of hydrogen-bond acceptors (Lipinski definition) is 6. The molecule has 0 aliphatic rings. The summed E-state index contributed by atoms with van der Waals surface area (Å²) in [6.07, 6.45) is 1.67. The molecule has 0 spiro atoms. The van der Waals surface area contributed by atoms with E-state index in [1.54, 1.807) is 37.7 Å². The summed E-state index contributed by atoms with van der Waals surface area (Å²) in [6.45, 7) is 5.94. The van der Waals surface area contributed by atoms with Gasteiger partial charge >= 0.3 is 0 Å². The van der Waals surface area contributed by atoms with E-state index in [-0.39, 0.29) is 5.82 Å². The molecule has 30 heavy (non-hydrogen) atoms. The van der Waals surface area contributed by atoms with Crippen LogP contribution in [0.1, 0.15) is 25.0 Å². The van der Waals surface area contributed by atoms with Crippen molar-refractivity contribution in [1.29, 1.82) is 0 Å². The fourth-order valence-corrected chi connectivity index (χ4v) is 3.06. The molecule has 0 aliphatic heterocycles. The zero-order valence-electron chi connectivity index (χ0n) is 17.1. The quantitative estimate of drug-likeness (QED) is 0.509. The van der Waals surface area contributed by atoms with Crippen molar-refractivity contribution in [2.75, 3.05) is 11.9 Å². The molecule has 0 saturated heterocycles. The highest BCUT2D eigenvalue weighted by molar-refractivity contribution is 5.80. The summed E-state index contributed by atoms with van der Waals surface area (Å²) in [4.78, 5) is 8.71. The second-order valence-corrected chi connectivity index (χ2v) is 7.97. The van der Waals surface area contributed by atoms with Crippen LogP contribution >= 0.6 is 0 Å². The minimum atomic E-state index is -0.864. The van der Waals surface area contributed by atoms with Crippen LogP contribution in [0, 0.1) is 12.7 Å². The van der Waals surface area contributed by atoms with E-state index < -0.39 is 5.60 Å². The zero-order valence-corrected chi connectivity index (χ0v) is 17.1. The predicted molar refractivity (Wildman–Crippen MR) is 114 cm³/mol. The Morgan fingerprint density at radius 1 is 1.13 bits per heavy atom. The van der Waals surface area contributed by atoms with Gasteiger partial charge in [-0.15, -0.1) is 5.10 Å². The molecule has 0 atom stereocenters. The number of hydrogen-bond donors (Lipinski definition) is 2. The van der Waals surface area contributed by atoms with Gasteiger partial charge in [0.2, 0.25) is 5.95 Å². The number of halogens is 1. The third kappa shape index (κ3) is 4.44. The lowest BCUT2D eigenvalue weighted by Crippen LogP contribution is -2.29. The van der Waals surface area contributed by atoms with Crippen molar-refractivity contribution in [2.24, 2.45) is 0 Å². The fraction of sp³-hybridized carbons (Fsp3) is 0.273. The molecule has 4 rings (SSSR count). The van der Waals surface area contributed by atoms with E-state index in [1.165, 1.54) is 6.07 Å². The van der Waals surface area contributed by atoms with Crippen LogP contribution in [0.3, 0.4) is 0 Å². The van der Waals surface area contributed by atoms with Gasteiger partial charge in [-0.1, -0.05) is 23.4 Å². The van der Waals surface area contributed by atoms with Crippen molar-refractivity contribution in [2.45, 2.75) is 32.9 Å². The van der Waals surface area contributed by atoms with Crippen LogP contribution in [-0.4, -0.2) is 42.2 Å². The Balaban J connectivity index is 1.58. The van der Waals surface area contributed by atoms with Crippen molar-refractivity contribution in [3.63, 3.8) is 0 Å². The summed E-state index contributed by atoms with van der Waals surface area (Å²) in [5.74, 6) is 0.219. The van der Waals surface area contributed by atoms with Gasteiger partial charge in [-0.05, 0) is 56.2 Å². The summed E-state index contributed by atoms with van der Waals surface area (Å²) in [7, 11) is 0. The van der Waals surface area contributed by atoms with Gasteiger partial charge in [0.05, 0.1) is 23.4 Å². The van der Waals surface area contributed by atoms with Crippen LogP contribution in [0.4, 0.5) is 10.3 Å². The standard InChI is InChI=1S/C22H23FN6O/c1-14-4-5-15(10-17(14)23)12-29-20-7-6-16(11-19(20)27-28-29)18-8-9-24-21(26-18)25-13-22(2,3)30/h4-11,30H,12-13H2,1-3H3,(H,24,25,26). The largest absolute Gasteiger partial charge is 0.389 e. The van der Waals surface area contributed by atoms with Gasteiger partial charge in [-0.25, -0.2) is 19.0 Å². The van der Waals surface area contributed by atoms with Crippen LogP contribution in [0.2, 0.25) is 0 Å². The van der Waals surface area contributed by atoms with Crippen molar-refractivity contribution in [3.05, 3.63) is 65.6 Å². The first kappa shape index (κ1) is 19.9. The van der Waals surface area contributed by atoms with Gasteiger partial charge in [0.25, 0.3) is 0 Å². The molecule has 0 radical (unpaired) electrons. The lowest BCUT2D eigenvalue weighted by atomic mass is 10.1. The van der Waals surface area contributed by atoms with E-state index in [4.69, 9.17) is 0 Å². The van der Waals surface area contributed by atoms with Crippen LogP contribution in [0.15, 0.2) is 48.7 Å². The molecule has 0 amide bonds. The molecule has 2 aromatic carbocycles. The topological polar surface area (TPSA) is 88.8 Å². The van der Waals surface area contributed by atoms with E-state index in [2.05, 4.69) is 25.6 Å². The van der Waals surface area contributed by atoms with Gasteiger partial charge in [-0.3, -0.25) is 0 Å². The Kier molecular flexibility index (Phi) is 5.17. The highest BCUT2D eigenvalue weighted by atomic mass is 19.1. The number of aromatic nitrogens is 5. The minimum absolute atomic E-state index is 0.225. The van der Waals surface area contributed by atoms with Crippen LogP contribution in [0.25, 0.3) is 22.3 Å². The van der Waals surface area contributed by atoms with E-state index in [0.29, 0.717) is 24.6 Å². The maximum Gasteiger partial charge on any atom is 0.223 e. The molecule has 4 aromatic rings. The van der Waals surface area contributed by atoms with Crippen molar-refractivity contribution < 1.29 is 9.50 Å². The first-order valence-electron chi connectivity index (χ1n) is 9.66. The first-order chi connectivity index (χ1) is 14.3. The third-order valence-corrected chi connectivity index (χ3v) is 4.71. The second kappa shape index (κ2) is 7.79. The maximum absolute atomic E-state index is 13.8. The summed E-state index contributed by atoms with van der Waals surface area (Å²) < 4.78 is 15.6. The Morgan fingerprint density at radius 3 is 2.73 bits per heavy atom. The third-order valence-electron chi connectivity index (χ3n) is 4.71. The van der Waals surface area contributed by atoms with Gasteiger partial charge in [0.15, 0.2) is 0 Å². The number of benzene rings is 2. The highest BCUT2D eigenvalue weighted by Gasteiger charge is 2.13. The number of aryl methyl sites for hydroxylation is 1. The van der Waals surface area contributed by atoms with Gasteiger partial charge in [-0.2, -0.15) is 0 Å². The lowest BCUT2D eigenvalue weighted by molar-refractivity contribution is 0.0943. The Hall–Kier alpha value is -3.39. The van der Waals surface area contributed by atoms with Crippen molar-refractivity contribution >= 4 is 17.0 Å². The highest BCUT2D eigenvalue weighted by Crippen LogP contribution is 2.23. The fourth-order valence-electron chi connectivity index (χ4n) is 3.06. The molecular weight excluding hydrogens is 383 g/mol. The van der Waals surface area contributed by atoms with Crippen molar-refractivity contribution in [1.82, 2.24) is 25.0 Å². The Morgan fingerprint density at radius 2 is 1.97 bits per heavy atom. The van der Waals surface area contributed by atoms with Crippen LogP contribution in [0.5, 0.6) is 0 Å². The van der Waals surface area contributed by atoms with E-state index in [9.17, 15) is 9.50 Å². The van der Waals surface area contributed by atoms with E-state index >= 15 is 0 Å². The molecule has 154 valence electrons. The molecule has 2 aromatic heterocycles. The van der Waals surface area contributed by atoms with E-state index in [0.717, 1.165) is 27.9 Å². The molecule has 7 nitrogen and oxygen atoms in total. The van der Waals surface area contributed by atoms with Crippen molar-refractivity contribution in [3.8, 4) is 11.3 Å². The number of fused-ring (bicyclic) bond motifs is 1. The summed E-state index contributed by atoms with van der Waals surface area (Å²) in [5, 5.41) is 21.4. The molecule has 2 N–H and O–H groups in total. The Labute approximate surface area is 173 Å². The first-order valence-corrected chi connectivity index (χ1v) is 9.66. The number of nitrogens with zero attached hydrogens (tertiary/aromatic N) is 5. The summed E-state index contributed by atoms with van der Waals surface area (Å²) in [6, 6.07) is 12.8. The van der Waals surface area contributed by atoms with E-state index in [1.807, 2.05) is 30.3 Å². The monoisotopic (exact) mass is 406 g/mol. The molecule has 0 bridgehead atoms.